The predicted molar refractivity (Wildman–Crippen MR) is 64.5 cm³/mol. The first kappa shape index (κ1) is 8.92. The molecule has 0 atom stereocenters. The van der Waals surface area contributed by atoms with Crippen LogP contribution in [0.4, 0.5) is 5.82 Å². The van der Waals surface area contributed by atoms with Crippen LogP contribution in [0.15, 0.2) is 24.3 Å². The van der Waals surface area contributed by atoms with Crippen molar-refractivity contribution >= 4 is 17.2 Å². The average Bonchev–Trinajstić information content (AvgIpc) is 2.78. The Labute approximate surface area is 93.0 Å². The third kappa shape index (κ3) is 1.53. The van der Waals surface area contributed by atoms with E-state index >= 15 is 0 Å². The number of nitrogens with one attached hydrogen (secondary N) is 1. The molecule has 2 heterocycles. The standard InChI is InChI=1S/C12H12N2S/c1-8-2-4-9(5-3-8)12-14-11-10(15-12)6-7-13-11/h2-5,13H,6-7H2,1H3. The summed E-state index contributed by atoms with van der Waals surface area (Å²) >= 11 is 1.81. The number of fused-ring (bicyclic) bond motifs is 1. The summed E-state index contributed by atoms with van der Waals surface area (Å²) in [7, 11) is 0. The van der Waals surface area contributed by atoms with Gasteiger partial charge in [0.25, 0.3) is 0 Å². The molecule has 1 aliphatic heterocycles. The molecule has 3 heteroatoms. The number of aromatic nitrogens is 1. The first-order chi connectivity index (χ1) is 7.33. The maximum atomic E-state index is 4.60. The fraction of sp³-hybridized carbons (Fsp3) is 0.250. The molecule has 0 unspecified atom stereocenters. The van der Waals surface area contributed by atoms with Gasteiger partial charge in [-0.2, -0.15) is 0 Å². The first-order valence-corrected chi connectivity index (χ1v) is 5.95. The van der Waals surface area contributed by atoms with E-state index in [4.69, 9.17) is 0 Å². The largest absolute Gasteiger partial charge is 0.369 e. The fourth-order valence-electron chi connectivity index (χ4n) is 1.77. The Morgan fingerprint density at radius 1 is 1.27 bits per heavy atom. The van der Waals surface area contributed by atoms with Crippen LogP contribution in [-0.4, -0.2) is 11.5 Å². The van der Waals surface area contributed by atoms with Crippen molar-refractivity contribution in [2.24, 2.45) is 0 Å². The molecule has 15 heavy (non-hydrogen) atoms. The summed E-state index contributed by atoms with van der Waals surface area (Å²) in [5.74, 6) is 1.09. The van der Waals surface area contributed by atoms with Crippen LogP contribution in [0.25, 0.3) is 10.6 Å². The van der Waals surface area contributed by atoms with Crippen molar-refractivity contribution in [3.05, 3.63) is 34.7 Å². The third-order valence-corrected chi connectivity index (χ3v) is 3.80. The average molecular weight is 216 g/mol. The zero-order valence-electron chi connectivity index (χ0n) is 8.58. The van der Waals surface area contributed by atoms with Crippen molar-refractivity contribution in [3.63, 3.8) is 0 Å². The molecule has 2 aromatic rings. The Morgan fingerprint density at radius 2 is 2.07 bits per heavy atom. The molecular weight excluding hydrogens is 204 g/mol. The Balaban J connectivity index is 2.02. The van der Waals surface area contributed by atoms with E-state index in [1.165, 1.54) is 16.0 Å². The van der Waals surface area contributed by atoms with Gasteiger partial charge >= 0.3 is 0 Å². The van der Waals surface area contributed by atoms with Gasteiger partial charge in [0.1, 0.15) is 10.8 Å². The second-order valence-electron chi connectivity index (χ2n) is 3.83. The first-order valence-electron chi connectivity index (χ1n) is 5.13. The summed E-state index contributed by atoms with van der Waals surface area (Å²) in [6.45, 7) is 3.15. The highest BCUT2D eigenvalue weighted by Crippen LogP contribution is 2.33. The van der Waals surface area contributed by atoms with Gasteiger partial charge in [-0.25, -0.2) is 4.98 Å². The molecule has 1 aromatic heterocycles. The van der Waals surface area contributed by atoms with Gasteiger partial charge in [0.15, 0.2) is 0 Å². The van der Waals surface area contributed by atoms with Crippen LogP contribution in [-0.2, 0) is 6.42 Å². The van der Waals surface area contributed by atoms with Gasteiger partial charge in [-0.1, -0.05) is 29.8 Å². The van der Waals surface area contributed by atoms with E-state index in [-0.39, 0.29) is 0 Å². The molecule has 0 saturated carbocycles. The number of hydrogen-bond acceptors (Lipinski definition) is 3. The molecule has 0 fully saturated rings. The number of benzene rings is 1. The van der Waals surface area contributed by atoms with Gasteiger partial charge in [0.05, 0.1) is 4.88 Å². The SMILES string of the molecule is Cc1ccc(-c2nc3c(s2)CCN3)cc1. The van der Waals surface area contributed by atoms with Gasteiger partial charge in [-0.15, -0.1) is 11.3 Å². The quantitative estimate of drug-likeness (QED) is 0.792. The van der Waals surface area contributed by atoms with Crippen molar-refractivity contribution < 1.29 is 0 Å². The van der Waals surface area contributed by atoms with E-state index < -0.39 is 0 Å². The highest BCUT2D eigenvalue weighted by atomic mass is 32.1. The van der Waals surface area contributed by atoms with E-state index in [1.54, 1.807) is 0 Å². The molecule has 3 rings (SSSR count). The monoisotopic (exact) mass is 216 g/mol. The number of rotatable bonds is 1. The lowest BCUT2D eigenvalue weighted by molar-refractivity contribution is 1.12. The molecule has 0 radical (unpaired) electrons. The molecule has 76 valence electrons. The van der Waals surface area contributed by atoms with Crippen LogP contribution in [0.5, 0.6) is 0 Å². The summed E-state index contributed by atoms with van der Waals surface area (Å²) in [4.78, 5) is 5.99. The minimum atomic E-state index is 1.04. The van der Waals surface area contributed by atoms with Crippen LogP contribution in [0.2, 0.25) is 0 Å². The molecule has 1 aromatic carbocycles. The summed E-state index contributed by atoms with van der Waals surface area (Å²) in [5, 5.41) is 4.43. The lowest BCUT2D eigenvalue weighted by Gasteiger charge is -1.97. The minimum Gasteiger partial charge on any atom is -0.369 e. The van der Waals surface area contributed by atoms with Gasteiger partial charge in [0, 0.05) is 18.5 Å². The molecule has 2 nitrogen and oxygen atoms in total. The molecular formula is C12H12N2S. The van der Waals surface area contributed by atoms with Crippen molar-refractivity contribution in [2.75, 3.05) is 11.9 Å². The van der Waals surface area contributed by atoms with Gasteiger partial charge in [0.2, 0.25) is 0 Å². The Bertz CT molecular complexity index is 463. The molecule has 1 N–H and O–H groups in total. The topological polar surface area (TPSA) is 24.9 Å². The van der Waals surface area contributed by atoms with Gasteiger partial charge in [-0.05, 0) is 6.92 Å². The normalized spacial score (nSPS) is 13.7. The predicted octanol–water partition coefficient (Wildman–Crippen LogP) is 3.09. The lowest BCUT2D eigenvalue weighted by Crippen LogP contribution is -1.93. The van der Waals surface area contributed by atoms with Crippen LogP contribution < -0.4 is 5.32 Å². The molecule has 0 aliphatic carbocycles. The number of thiazole rings is 1. The molecule has 1 aliphatic rings. The zero-order chi connectivity index (χ0) is 10.3. The third-order valence-electron chi connectivity index (χ3n) is 2.64. The van der Waals surface area contributed by atoms with Crippen LogP contribution in [0, 0.1) is 6.92 Å². The highest BCUT2D eigenvalue weighted by Gasteiger charge is 2.16. The van der Waals surface area contributed by atoms with E-state index in [0.717, 1.165) is 23.8 Å². The number of aryl methyl sites for hydroxylation is 1. The minimum absolute atomic E-state index is 1.04. The molecule has 0 spiro atoms. The summed E-state index contributed by atoms with van der Waals surface area (Å²) < 4.78 is 0. The maximum absolute atomic E-state index is 4.60. The highest BCUT2D eigenvalue weighted by molar-refractivity contribution is 7.15. The smallest absolute Gasteiger partial charge is 0.141 e. The van der Waals surface area contributed by atoms with E-state index in [0.29, 0.717) is 0 Å². The Hall–Kier alpha value is -1.35. The summed E-state index contributed by atoms with van der Waals surface area (Å²) in [6, 6.07) is 8.55. The van der Waals surface area contributed by atoms with Crippen molar-refractivity contribution in [1.82, 2.24) is 4.98 Å². The van der Waals surface area contributed by atoms with E-state index in [2.05, 4.69) is 41.5 Å². The molecule has 0 amide bonds. The second kappa shape index (κ2) is 3.35. The van der Waals surface area contributed by atoms with Crippen LogP contribution in [0.1, 0.15) is 10.4 Å². The van der Waals surface area contributed by atoms with Gasteiger partial charge in [-0.3, -0.25) is 0 Å². The second-order valence-corrected chi connectivity index (χ2v) is 4.92. The number of anilines is 1. The van der Waals surface area contributed by atoms with Gasteiger partial charge < -0.3 is 5.32 Å². The van der Waals surface area contributed by atoms with E-state index in [1.807, 2.05) is 11.3 Å². The van der Waals surface area contributed by atoms with Crippen molar-refractivity contribution in [2.45, 2.75) is 13.3 Å². The van der Waals surface area contributed by atoms with Crippen molar-refractivity contribution in [1.29, 1.82) is 0 Å². The number of hydrogen-bond donors (Lipinski definition) is 1. The van der Waals surface area contributed by atoms with Crippen LogP contribution >= 0.6 is 11.3 Å². The fourth-order valence-corrected chi connectivity index (χ4v) is 2.82. The van der Waals surface area contributed by atoms with Crippen molar-refractivity contribution in [3.8, 4) is 10.6 Å². The summed E-state index contributed by atoms with van der Waals surface area (Å²) in [6.07, 6.45) is 1.12. The zero-order valence-corrected chi connectivity index (χ0v) is 9.40. The van der Waals surface area contributed by atoms with Crippen LogP contribution in [0.3, 0.4) is 0 Å². The molecule has 0 bridgehead atoms. The number of nitrogens with zero attached hydrogens (tertiary/aromatic N) is 1. The molecule has 0 saturated heterocycles. The maximum Gasteiger partial charge on any atom is 0.141 e. The summed E-state index contributed by atoms with van der Waals surface area (Å²) in [5.41, 5.74) is 2.52. The Kier molecular flexibility index (Phi) is 1.99. The lowest BCUT2D eigenvalue weighted by atomic mass is 10.2. The van der Waals surface area contributed by atoms with E-state index in [9.17, 15) is 0 Å². The Morgan fingerprint density at radius 3 is 2.80 bits per heavy atom.